The predicted molar refractivity (Wildman–Crippen MR) is 39.8 cm³/mol. The number of nitrogens with zero attached hydrogens (tertiary/aromatic N) is 1. The van der Waals surface area contributed by atoms with Gasteiger partial charge in [0.2, 0.25) is 5.91 Å². The minimum atomic E-state index is 0.0737. The third-order valence-electron chi connectivity index (χ3n) is 1.57. The highest BCUT2D eigenvalue weighted by Gasteiger charge is 2.09. The molecule has 0 fully saturated rings. The van der Waals surface area contributed by atoms with Gasteiger partial charge in [0, 0.05) is 21.1 Å². The van der Waals surface area contributed by atoms with Crippen molar-refractivity contribution < 1.29 is 9.53 Å². The largest absolute Gasteiger partial charge is 0.383 e. The number of likely N-dealkylation sites (N-methyl/N-ethyl adjacent to an activating group) is 1. The summed E-state index contributed by atoms with van der Waals surface area (Å²) < 4.78 is 4.88. The minimum absolute atomic E-state index is 0.0737. The van der Waals surface area contributed by atoms with E-state index in [2.05, 4.69) is 0 Å². The van der Waals surface area contributed by atoms with Gasteiger partial charge in [-0.2, -0.15) is 0 Å². The van der Waals surface area contributed by atoms with E-state index >= 15 is 0 Å². The number of amides is 1. The van der Waals surface area contributed by atoms with Crippen LogP contribution in [0.15, 0.2) is 0 Å². The SMILES string of the molecule is COCC(C)N(C)C(C)=O. The van der Waals surface area contributed by atoms with Crippen LogP contribution < -0.4 is 0 Å². The Morgan fingerprint density at radius 3 is 2.50 bits per heavy atom. The molecule has 0 aromatic carbocycles. The van der Waals surface area contributed by atoms with Gasteiger partial charge < -0.3 is 9.64 Å². The van der Waals surface area contributed by atoms with E-state index in [4.69, 9.17) is 4.74 Å². The van der Waals surface area contributed by atoms with Crippen molar-refractivity contribution in [2.45, 2.75) is 19.9 Å². The van der Waals surface area contributed by atoms with Gasteiger partial charge in [0.05, 0.1) is 12.6 Å². The van der Waals surface area contributed by atoms with E-state index in [0.29, 0.717) is 6.61 Å². The molecule has 0 aromatic rings. The van der Waals surface area contributed by atoms with Crippen LogP contribution in [0.3, 0.4) is 0 Å². The van der Waals surface area contributed by atoms with E-state index in [1.54, 1.807) is 26.0 Å². The van der Waals surface area contributed by atoms with Crippen LogP contribution in [0.2, 0.25) is 0 Å². The molecule has 0 saturated heterocycles. The highest BCUT2D eigenvalue weighted by molar-refractivity contribution is 5.73. The van der Waals surface area contributed by atoms with Gasteiger partial charge in [-0.3, -0.25) is 4.79 Å². The Hall–Kier alpha value is -0.570. The molecule has 0 radical (unpaired) electrons. The third-order valence-corrected chi connectivity index (χ3v) is 1.57. The summed E-state index contributed by atoms with van der Waals surface area (Å²) in [5, 5.41) is 0. The van der Waals surface area contributed by atoms with Gasteiger partial charge in [-0.05, 0) is 6.92 Å². The first kappa shape index (κ1) is 9.43. The quantitative estimate of drug-likeness (QED) is 0.578. The van der Waals surface area contributed by atoms with Crippen LogP contribution >= 0.6 is 0 Å². The van der Waals surface area contributed by atoms with Crippen LogP contribution in [0.4, 0.5) is 0 Å². The summed E-state index contributed by atoms with van der Waals surface area (Å²) in [6, 6.07) is 0.169. The maximum Gasteiger partial charge on any atom is 0.219 e. The summed E-state index contributed by atoms with van der Waals surface area (Å²) in [5.74, 6) is 0.0737. The fraction of sp³-hybridized carbons (Fsp3) is 0.857. The van der Waals surface area contributed by atoms with Crippen LogP contribution in [-0.2, 0) is 9.53 Å². The Morgan fingerprint density at radius 2 is 2.20 bits per heavy atom. The summed E-state index contributed by atoms with van der Waals surface area (Å²) in [7, 11) is 3.40. The predicted octanol–water partition coefficient (Wildman–Crippen LogP) is 0.500. The fourth-order valence-electron chi connectivity index (χ4n) is 0.663. The Labute approximate surface area is 62.0 Å². The monoisotopic (exact) mass is 145 g/mol. The van der Waals surface area contributed by atoms with Gasteiger partial charge in [0.1, 0.15) is 0 Å². The van der Waals surface area contributed by atoms with E-state index in [1.165, 1.54) is 0 Å². The van der Waals surface area contributed by atoms with Gasteiger partial charge >= 0.3 is 0 Å². The van der Waals surface area contributed by atoms with Crippen molar-refractivity contribution in [3.05, 3.63) is 0 Å². The van der Waals surface area contributed by atoms with E-state index in [9.17, 15) is 4.79 Å². The van der Waals surface area contributed by atoms with Gasteiger partial charge in [-0.1, -0.05) is 0 Å². The summed E-state index contributed by atoms with van der Waals surface area (Å²) in [6.07, 6.45) is 0. The molecule has 10 heavy (non-hydrogen) atoms. The van der Waals surface area contributed by atoms with Gasteiger partial charge in [0.25, 0.3) is 0 Å². The molecule has 0 spiro atoms. The molecule has 0 aliphatic rings. The summed E-state index contributed by atoms with van der Waals surface area (Å²) >= 11 is 0. The zero-order valence-electron chi connectivity index (χ0n) is 7.05. The molecule has 0 rings (SSSR count). The van der Waals surface area contributed by atoms with Crippen molar-refractivity contribution in [1.29, 1.82) is 0 Å². The average Bonchev–Trinajstić information content (AvgIpc) is 1.87. The minimum Gasteiger partial charge on any atom is -0.383 e. The van der Waals surface area contributed by atoms with Crippen LogP contribution in [-0.4, -0.2) is 37.6 Å². The lowest BCUT2D eigenvalue weighted by molar-refractivity contribution is -0.130. The molecule has 1 amide bonds. The lowest BCUT2D eigenvalue weighted by Gasteiger charge is -2.22. The zero-order chi connectivity index (χ0) is 8.15. The van der Waals surface area contributed by atoms with Crippen molar-refractivity contribution in [2.75, 3.05) is 20.8 Å². The van der Waals surface area contributed by atoms with E-state index in [0.717, 1.165) is 0 Å². The van der Waals surface area contributed by atoms with Crippen molar-refractivity contribution in [1.82, 2.24) is 4.90 Å². The summed E-state index contributed by atoms with van der Waals surface area (Å²) in [5.41, 5.74) is 0. The van der Waals surface area contributed by atoms with Crippen molar-refractivity contribution >= 4 is 5.91 Å². The zero-order valence-corrected chi connectivity index (χ0v) is 7.05. The molecule has 0 bridgehead atoms. The average molecular weight is 145 g/mol. The highest BCUT2D eigenvalue weighted by Crippen LogP contribution is 1.94. The van der Waals surface area contributed by atoms with E-state index < -0.39 is 0 Å². The Balaban J connectivity index is 3.69. The van der Waals surface area contributed by atoms with Crippen molar-refractivity contribution in [2.24, 2.45) is 0 Å². The molecule has 60 valence electrons. The Bertz CT molecular complexity index is 114. The molecule has 0 aliphatic carbocycles. The normalized spacial score (nSPS) is 12.8. The first-order valence-electron chi connectivity index (χ1n) is 3.32. The number of carbonyl (C=O) groups excluding carboxylic acids is 1. The Morgan fingerprint density at radius 1 is 1.70 bits per heavy atom. The maximum atomic E-state index is 10.7. The molecule has 3 nitrogen and oxygen atoms in total. The molecular weight excluding hydrogens is 130 g/mol. The van der Waals surface area contributed by atoms with Crippen molar-refractivity contribution in [3.8, 4) is 0 Å². The highest BCUT2D eigenvalue weighted by atomic mass is 16.5. The second kappa shape index (κ2) is 4.28. The molecule has 1 atom stereocenters. The van der Waals surface area contributed by atoms with Crippen LogP contribution in [0.5, 0.6) is 0 Å². The number of ether oxygens (including phenoxy) is 1. The number of rotatable bonds is 3. The molecule has 3 heteroatoms. The van der Waals surface area contributed by atoms with Gasteiger partial charge in [-0.15, -0.1) is 0 Å². The first-order chi connectivity index (χ1) is 4.59. The maximum absolute atomic E-state index is 10.7. The standard InChI is InChI=1S/C7H15NO2/c1-6(5-10-4)8(3)7(2)9/h6H,5H2,1-4H3. The van der Waals surface area contributed by atoms with Crippen LogP contribution in [0.1, 0.15) is 13.8 Å². The summed E-state index contributed by atoms with van der Waals surface area (Å²) in [6.45, 7) is 4.09. The van der Waals surface area contributed by atoms with Crippen LogP contribution in [0.25, 0.3) is 0 Å². The van der Waals surface area contributed by atoms with Gasteiger partial charge in [-0.25, -0.2) is 0 Å². The topological polar surface area (TPSA) is 29.5 Å². The summed E-state index contributed by atoms with van der Waals surface area (Å²) in [4.78, 5) is 12.4. The van der Waals surface area contributed by atoms with E-state index in [-0.39, 0.29) is 11.9 Å². The molecule has 0 saturated carbocycles. The molecule has 0 N–H and O–H groups in total. The number of methoxy groups -OCH3 is 1. The lowest BCUT2D eigenvalue weighted by atomic mass is 10.3. The number of hydrogen-bond donors (Lipinski definition) is 0. The second-order valence-corrected chi connectivity index (χ2v) is 2.43. The lowest BCUT2D eigenvalue weighted by Crippen LogP contribution is -2.36. The van der Waals surface area contributed by atoms with Gasteiger partial charge in [0.15, 0.2) is 0 Å². The fourth-order valence-corrected chi connectivity index (χ4v) is 0.663. The number of carbonyl (C=O) groups is 1. The molecule has 0 aliphatic heterocycles. The van der Waals surface area contributed by atoms with Crippen molar-refractivity contribution in [3.63, 3.8) is 0 Å². The Kier molecular flexibility index (Phi) is 4.03. The molecule has 0 aromatic heterocycles. The third kappa shape index (κ3) is 2.82. The number of hydrogen-bond acceptors (Lipinski definition) is 2. The molecule has 0 heterocycles. The smallest absolute Gasteiger partial charge is 0.219 e. The van der Waals surface area contributed by atoms with E-state index in [1.807, 2.05) is 6.92 Å². The molecule has 1 unspecified atom stereocenters. The first-order valence-corrected chi connectivity index (χ1v) is 3.32. The second-order valence-electron chi connectivity index (χ2n) is 2.43. The molecular formula is C7H15NO2. The van der Waals surface area contributed by atoms with Crippen LogP contribution in [0, 0.1) is 0 Å².